The van der Waals surface area contributed by atoms with Gasteiger partial charge in [-0.15, -0.1) is 0 Å². The van der Waals surface area contributed by atoms with Crippen LogP contribution in [0.1, 0.15) is 41.5 Å². The quantitative estimate of drug-likeness (QED) is 0.609. The van der Waals surface area contributed by atoms with Crippen molar-refractivity contribution in [3.63, 3.8) is 0 Å². The SMILES string of the molecule is CC(C)(C)P(CO)C(C)(C)C. The van der Waals surface area contributed by atoms with Crippen molar-refractivity contribution in [1.82, 2.24) is 0 Å². The monoisotopic (exact) mass is 176 g/mol. The van der Waals surface area contributed by atoms with E-state index in [1.54, 1.807) is 0 Å². The first-order valence-electron chi connectivity index (χ1n) is 4.08. The Hall–Kier alpha value is 0.390. The number of rotatable bonds is 1. The molecule has 0 aliphatic rings. The minimum atomic E-state index is -0.285. The summed E-state index contributed by atoms with van der Waals surface area (Å²) in [4.78, 5) is 0. The van der Waals surface area contributed by atoms with Gasteiger partial charge in [0, 0.05) is 0 Å². The normalized spacial score (nSPS) is 14.2. The van der Waals surface area contributed by atoms with E-state index in [1.807, 2.05) is 0 Å². The first-order valence-corrected chi connectivity index (χ1v) is 5.61. The van der Waals surface area contributed by atoms with Crippen LogP contribution in [0.15, 0.2) is 0 Å². The Kier molecular flexibility index (Phi) is 3.53. The average Bonchev–Trinajstić information content (AvgIpc) is 1.56. The van der Waals surface area contributed by atoms with Crippen LogP contribution in [0.5, 0.6) is 0 Å². The second kappa shape index (κ2) is 3.41. The first kappa shape index (κ1) is 11.4. The van der Waals surface area contributed by atoms with Crippen molar-refractivity contribution >= 4 is 7.92 Å². The van der Waals surface area contributed by atoms with E-state index in [4.69, 9.17) is 0 Å². The molecule has 0 aromatic heterocycles. The molecule has 0 rings (SSSR count). The molecule has 0 saturated carbocycles. The third-order valence-corrected chi connectivity index (χ3v) is 5.28. The van der Waals surface area contributed by atoms with Crippen LogP contribution in [0.2, 0.25) is 0 Å². The fourth-order valence-corrected chi connectivity index (χ4v) is 4.29. The molecule has 68 valence electrons. The molecule has 1 N–H and O–H groups in total. The van der Waals surface area contributed by atoms with E-state index in [1.165, 1.54) is 0 Å². The van der Waals surface area contributed by atoms with Crippen molar-refractivity contribution in [2.75, 3.05) is 6.35 Å². The summed E-state index contributed by atoms with van der Waals surface area (Å²) in [5.74, 6) is 0. The summed E-state index contributed by atoms with van der Waals surface area (Å²) in [5.41, 5.74) is 0. The van der Waals surface area contributed by atoms with Gasteiger partial charge < -0.3 is 5.11 Å². The van der Waals surface area contributed by atoms with E-state index >= 15 is 0 Å². The van der Waals surface area contributed by atoms with E-state index in [9.17, 15) is 5.11 Å². The Morgan fingerprint density at radius 2 is 1.18 bits per heavy atom. The Bertz CT molecular complexity index is 105. The predicted molar refractivity (Wildman–Crippen MR) is 53.5 cm³/mol. The summed E-state index contributed by atoms with van der Waals surface area (Å²) in [5, 5.41) is 9.76. The zero-order chi connectivity index (χ0) is 9.28. The highest BCUT2D eigenvalue weighted by Crippen LogP contribution is 2.58. The van der Waals surface area contributed by atoms with E-state index in [-0.39, 0.29) is 18.2 Å². The Morgan fingerprint density at radius 1 is 0.909 bits per heavy atom. The van der Waals surface area contributed by atoms with Gasteiger partial charge in [0.05, 0.1) is 6.35 Å². The Balaban J connectivity index is 4.43. The second-order valence-corrected chi connectivity index (χ2v) is 8.73. The maximum Gasteiger partial charge on any atom is 0.0634 e. The van der Waals surface area contributed by atoms with Crippen LogP contribution >= 0.6 is 7.92 Å². The summed E-state index contributed by atoms with van der Waals surface area (Å²) in [6, 6.07) is 0. The first-order chi connectivity index (χ1) is 4.69. The summed E-state index contributed by atoms with van der Waals surface area (Å²) in [6.07, 6.45) is 0.350. The van der Waals surface area contributed by atoms with E-state index in [0.29, 0.717) is 6.35 Å². The standard InChI is InChI=1S/C9H21OP/c1-8(2,3)11(7-10)9(4,5)6/h10H,7H2,1-6H3. The highest BCUT2D eigenvalue weighted by Gasteiger charge is 2.33. The van der Waals surface area contributed by atoms with Gasteiger partial charge >= 0.3 is 0 Å². The van der Waals surface area contributed by atoms with Crippen molar-refractivity contribution in [2.24, 2.45) is 0 Å². The van der Waals surface area contributed by atoms with Gasteiger partial charge in [-0.1, -0.05) is 49.5 Å². The van der Waals surface area contributed by atoms with Crippen LogP contribution in [0.4, 0.5) is 0 Å². The van der Waals surface area contributed by atoms with Crippen molar-refractivity contribution in [3.05, 3.63) is 0 Å². The van der Waals surface area contributed by atoms with Gasteiger partial charge in [0.25, 0.3) is 0 Å². The lowest BCUT2D eigenvalue weighted by Gasteiger charge is -2.40. The van der Waals surface area contributed by atoms with E-state index in [0.717, 1.165) is 0 Å². The molecule has 1 nitrogen and oxygen atoms in total. The predicted octanol–water partition coefficient (Wildman–Crippen LogP) is 3.02. The van der Waals surface area contributed by atoms with Crippen molar-refractivity contribution in [2.45, 2.75) is 51.9 Å². The van der Waals surface area contributed by atoms with Crippen LogP contribution in [0.25, 0.3) is 0 Å². The van der Waals surface area contributed by atoms with Crippen molar-refractivity contribution in [1.29, 1.82) is 0 Å². The van der Waals surface area contributed by atoms with Crippen molar-refractivity contribution in [3.8, 4) is 0 Å². The highest BCUT2D eigenvalue weighted by molar-refractivity contribution is 7.60. The molecule has 0 amide bonds. The molecule has 0 saturated heterocycles. The largest absolute Gasteiger partial charge is 0.392 e. The second-order valence-electron chi connectivity index (χ2n) is 4.91. The molecule has 0 bridgehead atoms. The molecule has 0 atom stereocenters. The lowest BCUT2D eigenvalue weighted by Crippen LogP contribution is -2.26. The fraction of sp³-hybridized carbons (Fsp3) is 1.00. The number of hydrogen-bond donors (Lipinski definition) is 1. The molecular formula is C9H21OP. The van der Waals surface area contributed by atoms with Crippen LogP contribution in [-0.4, -0.2) is 21.8 Å². The molecule has 0 aliphatic carbocycles. The van der Waals surface area contributed by atoms with Crippen LogP contribution in [-0.2, 0) is 0 Å². The third-order valence-electron chi connectivity index (χ3n) is 1.76. The van der Waals surface area contributed by atoms with Gasteiger partial charge in [-0.2, -0.15) is 0 Å². The summed E-state index contributed by atoms with van der Waals surface area (Å²) in [6.45, 7) is 13.3. The molecule has 2 heteroatoms. The van der Waals surface area contributed by atoms with Crippen LogP contribution in [0, 0.1) is 0 Å². The molecule has 0 radical (unpaired) electrons. The maximum absolute atomic E-state index is 9.23. The average molecular weight is 176 g/mol. The maximum atomic E-state index is 9.23. The van der Waals surface area contributed by atoms with Gasteiger partial charge in [-0.05, 0) is 10.3 Å². The van der Waals surface area contributed by atoms with Gasteiger partial charge in [0.2, 0.25) is 0 Å². The van der Waals surface area contributed by atoms with Crippen LogP contribution in [0.3, 0.4) is 0 Å². The molecule has 0 heterocycles. The van der Waals surface area contributed by atoms with E-state index in [2.05, 4.69) is 41.5 Å². The zero-order valence-corrected chi connectivity index (χ0v) is 9.50. The zero-order valence-electron chi connectivity index (χ0n) is 8.60. The molecule has 11 heavy (non-hydrogen) atoms. The number of aliphatic hydroxyl groups excluding tert-OH is 1. The lowest BCUT2D eigenvalue weighted by molar-refractivity contribution is 0.363. The minimum Gasteiger partial charge on any atom is -0.392 e. The smallest absolute Gasteiger partial charge is 0.0634 e. The van der Waals surface area contributed by atoms with Crippen LogP contribution < -0.4 is 0 Å². The van der Waals surface area contributed by atoms with E-state index < -0.39 is 0 Å². The molecule has 0 aromatic rings. The molecule has 0 aliphatic heterocycles. The molecule has 0 unspecified atom stereocenters. The summed E-state index contributed by atoms with van der Waals surface area (Å²) in [7, 11) is -0.285. The molecule has 0 fully saturated rings. The van der Waals surface area contributed by atoms with Gasteiger partial charge in [0.1, 0.15) is 0 Å². The van der Waals surface area contributed by atoms with Gasteiger partial charge in [-0.3, -0.25) is 0 Å². The lowest BCUT2D eigenvalue weighted by atomic mass is 10.2. The number of hydrogen-bond acceptors (Lipinski definition) is 1. The van der Waals surface area contributed by atoms with Crippen molar-refractivity contribution < 1.29 is 5.11 Å². The summed E-state index contributed by atoms with van der Waals surface area (Å²) >= 11 is 0. The Labute approximate surface area is 72.0 Å². The minimum absolute atomic E-state index is 0.266. The molecule has 0 aromatic carbocycles. The fourth-order valence-electron chi connectivity index (χ4n) is 1.43. The van der Waals surface area contributed by atoms with Gasteiger partial charge in [-0.25, -0.2) is 0 Å². The highest BCUT2D eigenvalue weighted by atomic mass is 31.1. The molecular weight excluding hydrogens is 155 g/mol. The third kappa shape index (κ3) is 3.53. The molecule has 0 spiro atoms. The number of aliphatic hydroxyl groups is 1. The Morgan fingerprint density at radius 3 is 1.18 bits per heavy atom. The summed E-state index contributed by atoms with van der Waals surface area (Å²) < 4.78 is 0. The topological polar surface area (TPSA) is 20.2 Å². The van der Waals surface area contributed by atoms with Gasteiger partial charge in [0.15, 0.2) is 0 Å².